The maximum absolute atomic E-state index is 12.8. The lowest BCUT2D eigenvalue weighted by atomic mass is 9.87. The Bertz CT molecular complexity index is 953. The molecule has 1 atom stereocenters. The first kappa shape index (κ1) is 20.3. The lowest BCUT2D eigenvalue weighted by Gasteiger charge is -2.31. The van der Waals surface area contributed by atoms with Crippen LogP contribution in [0.2, 0.25) is 10.0 Å². The van der Waals surface area contributed by atoms with E-state index in [4.69, 9.17) is 32.7 Å². The van der Waals surface area contributed by atoms with Gasteiger partial charge in [-0.15, -0.1) is 0 Å². The summed E-state index contributed by atoms with van der Waals surface area (Å²) in [5.74, 6) is 0.00166. The van der Waals surface area contributed by atoms with Crippen molar-refractivity contribution in [3.05, 3.63) is 81.6 Å². The van der Waals surface area contributed by atoms with Gasteiger partial charge in [0.25, 0.3) is 0 Å². The molecule has 1 heterocycles. The number of nitrogens with zero attached hydrogens (tertiary/aromatic N) is 1. The van der Waals surface area contributed by atoms with Gasteiger partial charge in [0.05, 0.1) is 29.3 Å². The summed E-state index contributed by atoms with van der Waals surface area (Å²) in [6.45, 7) is 3.96. The van der Waals surface area contributed by atoms with E-state index in [0.717, 1.165) is 22.7 Å². The third-order valence-electron chi connectivity index (χ3n) is 4.63. The Hall–Kier alpha value is -2.43. The molecule has 146 valence electrons. The molecule has 28 heavy (non-hydrogen) atoms. The van der Waals surface area contributed by atoms with Gasteiger partial charge in [-0.25, -0.2) is 4.79 Å². The summed E-state index contributed by atoms with van der Waals surface area (Å²) in [6, 6.07) is 13.1. The van der Waals surface area contributed by atoms with E-state index < -0.39 is 0 Å². The number of carbonyl (C=O) groups is 1. The molecule has 0 saturated carbocycles. The topological polar surface area (TPSA) is 38.8 Å². The smallest absolute Gasteiger partial charge is 0.336 e. The van der Waals surface area contributed by atoms with Gasteiger partial charge in [0.1, 0.15) is 5.75 Å². The highest BCUT2D eigenvalue weighted by Crippen LogP contribution is 2.41. The van der Waals surface area contributed by atoms with Crippen LogP contribution in [-0.4, -0.2) is 19.7 Å². The minimum atomic E-state index is -0.377. The Balaban J connectivity index is 2.11. The first-order valence-corrected chi connectivity index (χ1v) is 9.67. The molecule has 0 amide bonds. The van der Waals surface area contributed by atoms with Crippen molar-refractivity contribution in [3.8, 4) is 5.75 Å². The molecule has 0 saturated heterocycles. The van der Waals surface area contributed by atoms with Gasteiger partial charge in [0, 0.05) is 29.6 Å². The lowest BCUT2D eigenvalue weighted by Crippen LogP contribution is -2.27. The summed E-state index contributed by atoms with van der Waals surface area (Å²) in [4.78, 5) is 14.8. The molecular weight excluding hydrogens is 397 g/mol. The Kier molecular flexibility index (Phi) is 6.32. The number of ether oxygens (including phenoxy) is 2. The van der Waals surface area contributed by atoms with E-state index in [-0.39, 0.29) is 18.5 Å². The SMILES string of the molecule is CCOC(=O)C1=C(C)N(c2cccc(OC)c2)C=C[C@@H]1c1cccc(Cl)c1Cl. The molecular formula is C22H21Cl2NO3. The van der Waals surface area contributed by atoms with Gasteiger partial charge in [-0.1, -0.05) is 47.5 Å². The van der Waals surface area contributed by atoms with Gasteiger partial charge in [0.2, 0.25) is 0 Å². The molecule has 0 aromatic heterocycles. The summed E-state index contributed by atoms with van der Waals surface area (Å²) >= 11 is 12.6. The lowest BCUT2D eigenvalue weighted by molar-refractivity contribution is -0.138. The van der Waals surface area contributed by atoms with Crippen LogP contribution in [0.3, 0.4) is 0 Å². The number of carbonyl (C=O) groups excluding carboxylic acids is 1. The molecule has 0 unspecified atom stereocenters. The van der Waals surface area contributed by atoms with Crippen LogP contribution in [0.25, 0.3) is 0 Å². The second-order valence-electron chi connectivity index (χ2n) is 6.25. The molecule has 4 nitrogen and oxygen atoms in total. The number of esters is 1. The predicted octanol–water partition coefficient (Wildman–Crippen LogP) is 5.96. The Morgan fingerprint density at radius 2 is 1.93 bits per heavy atom. The van der Waals surface area contributed by atoms with Crippen molar-refractivity contribution in [2.45, 2.75) is 19.8 Å². The van der Waals surface area contributed by atoms with E-state index in [1.165, 1.54) is 0 Å². The minimum absolute atomic E-state index is 0.286. The maximum atomic E-state index is 12.8. The van der Waals surface area contributed by atoms with Crippen LogP contribution in [0.15, 0.2) is 66.0 Å². The molecule has 1 aliphatic rings. The fourth-order valence-electron chi connectivity index (χ4n) is 3.28. The Labute approximate surface area is 175 Å². The average molecular weight is 418 g/mol. The van der Waals surface area contributed by atoms with Crippen molar-refractivity contribution in [2.24, 2.45) is 0 Å². The molecule has 1 aliphatic heterocycles. The number of allylic oxidation sites excluding steroid dienone is 2. The van der Waals surface area contributed by atoms with Crippen LogP contribution in [0.4, 0.5) is 5.69 Å². The number of benzene rings is 2. The molecule has 3 rings (SSSR count). The number of anilines is 1. The maximum Gasteiger partial charge on any atom is 0.336 e. The van der Waals surface area contributed by atoms with Crippen LogP contribution in [-0.2, 0) is 9.53 Å². The zero-order valence-corrected chi connectivity index (χ0v) is 17.4. The summed E-state index contributed by atoms with van der Waals surface area (Å²) < 4.78 is 10.7. The summed E-state index contributed by atoms with van der Waals surface area (Å²) in [6.07, 6.45) is 3.85. The molecule has 0 N–H and O–H groups in total. The zero-order valence-electron chi connectivity index (χ0n) is 15.9. The number of hydrogen-bond acceptors (Lipinski definition) is 4. The highest BCUT2D eigenvalue weighted by atomic mass is 35.5. The molecule has 0 fully saturated rings. The first-order valence-electron chi connectivity index (χ1n) is 8.91. The van der Waals surface area contributed by atoms with Gasteiger partial charge >= 0.3 is 5.97 Å². The second-order valence-corrected chi connectivity index (χ2v) is 7.04. The molecule has 0 aliphatic carbocycles. The monoisotopic (exact) mass is 417 g/mol. The third kappa shape index (κ3) is 3.89. The van der Waals surface area contributed by atoms with Crippen LogP contribution in [0, 0.1) is 0 Å². The van der Waals surface area contributed by atoms with Crippen molar-refractivity contribution >= 4 is 34.9 Å². The average Bonchev–Trinajstić information content (AvgIpc) is 2.70. The summed E-state index contributed by atoms with van der Waals surface area (Å²) in [7, 11) is 1.62. The number of hydrogen-bond donors (Lipinski definition) is 0. The highest BCUT2D eigenvalue weighted by molar-refractivity contribution is 6.42. The van der Waals surface area contributed by atoms with Crippen molar-refractivity contribution in [1.29, 1.82) is 0 Å². The second kappa shape index (κ2) is 8.72. The van der Waals surface area contributed by atoms with E-state index in [2.05, 4.69) is 0 Å². The Morgan fingerprint density at radius 3 is 2.64 bits per heavy atom. The van der Waals surface area contributed by atoms with Gasteiger partial charge in [-0.2, -0.15) is 0 Å². The number of rotatable bonds is 5. The molecule has 2 aromatic carbocycles. The minimum Gasteiger partial charge on any atom is -0.497 e. The van der Waals surface area contributed by atoms with Crippen LogP contribution in [0.5, 0.6) is 5.75 Å². The van der Waals surface area contributed by atoms with E-state index in [9.17, 15) is 4.79 Å². The number of methoxy groups -OCH3 is 1. The Morgan fingerprint density at radius 1 is 1.18 bits per heavy atom. The van der Waals surface area contributed by atoms with Gasteiger partial charge in [-0.05, 0) is 37.6 Å². The van der Waals surface area contributed by atoms with E-state index in [1.54, 1.807) is 20.1 Å². The highest BCUT2D eigenvalue weighted by Gasteiger charge is 2.31. The molecule has 0 spiro atoms. The van der Waals surface area contributed by atoms with E-state index in [0.29, 0.717) is 15.6 Å². The van der Waals surface area contributed by atoms with Crippen LogP contribution < -0.4 is 9.64 Å². The fourth-order valence-corrected chi connectivity index (χ4v) is 3.70. The van der Waals surface area contributed by atoms with Gasteiger partial charge < -0.3 is 14.4 Å². The normalized spacial score (nSPS) is 16.3. The summed E-state index contributed by atoms with van der Waals surface area (Å²) in [5, 5.41) is 0.881. The predicted molar refractivity (Wildman–Crippen MR) is 113 cm³/mol. The standard InChI is InChI=1S/C22H21Cl2NO3/c1-4-28-22(26)20-14(2)25(15-7-5-8-16(13-15)27-3)12-11-17(20)18-9-6-10-19(23)21(18)24/h5-13,17H,4H2,1-3H3/t17-/m1/s1. The van der Waals surface area contributed by atoms with Gasteiger partial charge in [-0.3, -0.25) is 0 Å². The largest absolute Gasteiger partial charge is 0.497 e. The summed E-state index contributed by atoms with van der Waals surface area (Å²) in [5.41, 5.74) is 2.93. The number of halogens is 2. The first-order chi connectivity index (χ1) is 13.5. The molecule has 2 aromatic rings. The third-order valence-corrected chi connectivity index (χ3v) is 5.47. The quantitative estimate of drug-likeness (QED) is 0.562. The van der Waals surface area contributed by atoms with Crippen molar-refractivity contribution in [1.82, 2.24) is 0 Å². The van der Waals surface area contributed by atoms with Crippen molar-refractivity contribution in [2.75, 3.05) is 18.6 Å². The molecule has 6 heteroatoms. The molecule has 0 bridgehead atoms. The van der Waals surface area contributed by atoms with E-state index >= 15 is 0 Å². The zero-order chi connectivity index (χ0) is 20.3. The van der Waals surface area contributed by atoms with Crippen molar-refractivity contribution in [3.63, 3.8) is 0 Å². The van der Waals surface area contributed by atoms with Crippen LogP contribution >= 0.6 is 23.2 Å². The molecule has 0 radical (unpaired) electrons. The van der Waals surface area contributed by atoms with Crippen molar-refractivity contribution < 1.29 is 14.3 Å². The fraction of sp³-hybridized carbons (Fsp3) is 0.227. The van der Waals surface area contributed by atoms with Gasteiger partial charge in [0.15, 0.2) is 0 Å². The van der Waals surface area contributed by atoms with Crippen LogP contribution in [0.1, 0.15) is 25.3 Å². The van der Waals surface area contributed by atoms with E-state index in [1.807, 2.05) is 60.5 Å².